The van der Waals surface area contributed by atoms with Crippen LogP contribution in [-0.4, -0.2) is 25.7 Å². The summed E-state index contributed by atoms with van der Waals surface area (Å²) in [5.41, 5.74) is 1.60. The van der Waals surface area contributed by atoms with Crippen molar-refractivity contribution in [2.24, 2.45) is 11.8 Å². The molecule has 0 bridgehead atoms. The van der Waals surface area contributed by atoms with Gasteiger partial charge in [0.05, 0.1) is 19.8 Å². The van der Waals surface area contributed by atoms with E-state index in [1.54, 1.807) is 0 Å². The zero-order valence-electron chi connectivity index (χ0n) is 17.3. The average molecular weight is 385 g/mol. The predicted octanol–water partition coefficient (Wildman–Crippen LogP) is 5.20. The largest absolute Gasteiger partial charge is 0.494 e. The Morgan fingerprint density at radius 2 is 1.64 bits per heavy atom. The van der Waals surface area contributed by atoms with Gasteiger partial charge in [-0.25, -0.2) is 0 Å². The predicted molar refractivity (Wildman–Crippen MR) is 115 cm³/mol. The van der Waals surface area contributed by atoms with E-state index in [2.05, 4.69) is 38.3 Å². The van der Waals surface area contributed by atoms with E-state index in [9.17, 15) is 4.79 Å². The van der Waals surface area contributed by atoms with E-state index in [0.717, 1.165) is 29.3 Å². The summed E-state index contributed by atoms with van der Waals surface area (Å²) in [6, 6.07) is 15.1. The molecule has 28 heavy (non-hydrogen) atoms. The third kappa shape index (κ3) is 8.33. The lowest BCUT2D eigenvalue weighted by molar-refractivity contribution is -0.114. The lowest BCUT2D eigenvalue weighted by Gasteiger charge is -2.12. The highest BCUT2D eigenvalue weighted by Gasteiger charge is 2.04. The van der Waals surface area contributed by atoms with E-state index in [1.165, 1.54) is 0 Å². The molecule has 2 aromatic rings. The Labute approximate surface area is 168 Å². The summed E-state index contributed by atoms with van der Waals surface area (Å²) < 4.78 is 11.4. The number of anilines is 2. The Morgan fingerprint density at radius 3 is 2.32 bits per heavy atom. The number of rotatable bonds is 11. The average Bonchev–Trinajstić information content (AvgIpc) is 2.66. The first-order valence-electron chi connectivity index (χ1n) is 9.92. The van der Waals surface area contributed by atoms with Gasteiger partial charge in [-0.1, -0.05) is 33.8 Å². The second-order valence-corrected chi connectivity index (χ2v) is 7.69. The van der Waals surface area contributed by atoms with Crippen molar-refractivity contribution in [2.45, 2.75) is 34.1 Å². The molecular formula is C23H32N2O3. The lowest BCUT2D eigenvalue weighted by Crippen LogP contribution is -2.21. The molecular weight excluding hydrogens is 352 g/mol. The van der Waals surface area contributed by atoms with E-state index in [4.69, 9.17) is 9.47 Å². The van der Waals surface area contributed by atoms with Gasteiger partial charge in [0.15, 0.2) is 0 Å². The minimum Gasteiger partial charge on any atom is -0.494 e. The summed E-state index contributed by atoms with van der Waals surface area (Å²) >= 11 is 0. The molecule has 0 heterocycles. The van der Waals surface area contributed by atoms with Crippen molar-refractivity contribution in [3.63, 3.8) is 0 Å². The second kappa shape index (κ2) is 11.2. The number of amides is 1. The summed E-state index contributed by atoms with van der Waals surface area (Å²) in [4.78, 5) is 12.2. The first-order chi connectivity index (χ1) is 13.4. The molecule has 0 radical (unpaired) electrons. The van der Waals surface area contributed by atoms with Crippen LogP contribution in [0.3, 0.4) is 0 Å². The quantitative estimate of drug-likeness (QED) is 0.559. The van der Waals surface area contributed by atoms with Crippen molar-refractivity contribution in [3.8, 4) is 11.5 Å². The molecule has 5 heteroatoms. The molecule has 0 saturated carbocycles. The molecule has 0 aromatic heterocycles. The number of hydrogen-bond acceptors (Lipinski definition) is 4. The molecule has 2 N–H and O–H groups in total. The Morgan fingerprint density at radius 1 is 0.893 bits per heavy atom. The summed E-state index contributed by atoms with van der Waals surface area (Å²) in [7, 11) is 0. The SMILES string of the molecule is CC(C)CCOc1cccc(NCC(=O)Nc2ccc(OCC(C)C)cc2)c1. The fourth-order valence-corrected chi connectivity index (χ4v) is 2.39. The Balaban J connectivity index is 1.77. The minimum atomic E-state index is -0.109. The van der Waals surface area contributed by atoms with Crippen molar-refractivity contribution < 1.29 is 14.3 Å². The van der Waals surface area contributed by atoms with Crippen LogP contribution in [-0.2, 0) is 4.79 Å². The van der Waals surface area contributed by atoms with Crippen LogP contribution < -0.4 is 20.1 Å². The topological polar surface area (TPSA) is 59.6 Å². The van der Waals surface area contributed by atoms with Crippen LogP contribution in [0.15, 0.2) is 48.5 Å². The van der Waals surface area contributed by atoms with E-state index < -0.39 is 0 Å². The van der Waals surface area contributed by atoms with Gasteiger partial charge in [0.2, 0.25) is 5.91 Å². The van der Waals surface area contributed by atoms with Crippen LogP contribution in [0.5, 0.6) is 11.5 Å². The highest BCUT2D eigenvalue weighted by molar-refractivity contribution is 5.93. The van der Waals surface area contributed by atoms with Gasteiger partial charge in [-0.3, -0.25) is 4.79 Å². The molecule has 0 spiro atoms. The molecule has 0 aliphatic heterocycles. The van der Waals surface area contributed by atoms with Gasteiger partial charge >= 0.3 is 0 Å². The van der Waals surface area contributed by atoms with Crippen molar-refractivity contribution in [3.05, 3.63) is 48.5 Å². The Bertz CT molecular complexity index is 727. The number of hydrogen-bond donors (Lipinski definition) is 2. The van der Waals surface area contributed by atoms with Crippen LogP contribution in [0, 0.1) is 11.8 Å². The van der Waals surface area contributed by atoms with Crippen molar-refractivity contribution in [1.82, 2.24) is 0 Å². The zero-order chi connectivity index (χ0) is 20.4. The third-order valence-corrected chi connectivity index (χ3v) is 3.97. The standard InChI is InChI=1S/C23H32N2O3/c1-17(2)12-13-27-22-7-5-6-20(14-22)24-15-23(26)25-19-8-10-21(11-9-19)28-16-18(3)4/h5-11,14,17-18,24H,12-13,15-16H2,1-4H3,(H,25,26). The number of benzene rings is 2. The fraction of sp³-hybridized carbons (Fsp3) is 0.435. The maximum absolute atomic E-state index is 12.2. The van der Waals surface area contributed by atoms with Gasteiger partial charge in [0.1, 0.15) is 11.5 Å². The normalized spacial score (nSPS) is 10.8. The van der Waals surface area contributed by atoms with Gasteiger partial charge in [-0.05, 0) is 54.7 Å². The number of nitrogens with one attached hydrogen (secondary N) is 2. The first kappa shape index (κ1) is 21.6. The van der Waals surface area contributed by atoms with Crippen molar-refractivity contribution in [1.29, 1.82) is 0 Å². The summed E-state index contributed by atoms with van der Waals surface area (Å²) in [6.45, 7) is 10.1. The monoisotopic (exact) mass is 384 g/mol. The van der Waals surface area contributed by atoms with Crippen LogP contribution in [0.2, 0.25) is 0 Å². The Hall–Kier alpha value is -2.69. The molecule has 2 aromatic carbocycles. The molecule has 0 aliphatic rings. The number of carbonyl (C=O) groups excluding carboxylic acids is 1. The van der Waals surface area contributed by atoms with Gasteiger partial charge in [0.25, 0.3) is 0 Å². The van der Waals surface area contributed by atoms with Crippen LogP contribution >= 0.6 is 0 Å². The van der Waals surface area contributed by atoms with E-state index in [-0.39, 0.29) is 12.5 Å². The van der Waals surface area contributed by atoms with Gasteiger partial charge < -0.3 is 20.1 Å². The van der Waals surface area contributed by atoms with E-state index in [1.807, 2.05) is 48.5 Å². The van der Waals surface area contributed by atoms with Gasteiger partial charge in [0, 0.05) is 17.4 Å². The number of carbonyl (C=O) groups is 1. The maximum atomic E-state index is 12.2. The van der Waals surface area contributed by atoms with Gasteiger partial charge in [-0.2, -0.15) is 0 Å². The summed E-state index contributed by atoms with van der Waals surface area (Å²) in [5.74, 6) is 2.59. The summed E-state index contributed by atoms with van der Waals surface area (Å²) in [5, 5.41) is 6.01. The van der Waals surface area contributed by atoms with E-state index >= 15 is 0 Å². The molecule has 2 rings (SSSR count). The molecule has 0 unspecified atom stereocenters. The van der Waals surface area contributed by atoms with Crippen LogP contribution in [0.25, 0.3) is 0 Å². The summed E-state index contributed by atoms with van der Waals surface area (Å²) in [6.07, 6.45) is 1.02. The van der Waals surface area contributed by atoms with Crippen LogP contribution in [0.4, 0.5) is 11.4 Å². The Kier molecular flexibility index (Phi) is 8.66. The second-order valence-electron chi connectivity index (χ2n) is 7.69. The highest BCUT2D eigenvalue weighted by atomic mass is 16.5. The molecule has 0 aliphatic carbocycles. The molecule has 1 amide bonds. The molecule has 0 fully saturated rings. The maximum Gasteiger partial charge on any atom is 0.243 e. The van der Waals surface area contributed by atoms with Gasteiger partial charge in [-0.15, -0.1) is 0 Å². The molecule has 0 saturated heterocycles. The molecule has 0 atom stereocenters. The zero-order valence-corrected chi connectivity index (χ0v) is 17.3. The number of ether oxygens (including phenoxy) is 2. The minimum absolute atomic E-state index is 0.109. The first-order valence-corrected chi connectivity index (χ1v) is 9.92. The van der Waals surface area contributed by atoms with Crippen LogP contribution in [0.1, 0.15) is 34.1 Å². The smallest absolute Gasteiger partial charge is 0.243 e. The van der Waals surface area contributed by atoms with Crippen molar-refractivity contribution >= 4 is 17.3 Å². The highest BCUT2D eigenvalue weighted by Crippen LogP contribution is 2.19. The molecule has 152 valence electrons. The van der Waals surface area contributed by atoms with E-state index in [0.29, 0.717) is 25.0 Å². The fourth-order valence-electron chi connectivity index (χ4n) is 2.39. The molecule has 5 nitrogen and oxygen atoms in total. The van der Waals surface area contributed by atoms with Crippen molar-refractivity contribution in [2.75, 3.05) is 30.4 Å². The lowest BCUT2D eigenvalue weighted by atomic mass is 10.1. The third-order valence-electron chi connectivity index (χ3n) is 3.97.